The average molecular weight is 246 g/mol. The molecule has 1 aromatic rings. The van der Waals surface area contributed by atoms with E-state index in [-0.39, 0.29) is 5.97 Å². The third-order valence-electron chi connectivity index (χ3n) is 3.11. The van der Waals surface area contributed by atoms with Crippen LogP contribution in [-0.4, -0.2) is 24.1 Å². The number of nitrogens with zero attached hydrogens (tertiary/aromatic N) is 1. The van der Waals surface area contributed by atoms with Gasteiger partial charge in [0.25, 0.3) is 0 Å². The summed E-state index contributed by atoms with van der Waals surface area (Å²) in [7, 11) is 1.38. The van der Waals surface area contributed by atoms with Gasteiger partial charge in [0.1, 0.15) is 5.82 Å². The Balaban J connectivity index is 2.08. The number of ether oxygens (including phenoxy) is 1. The zero-order chi connectivity index (χ0) is 13.0. The van der Waals surface area contributed by atoms with Crippen LogP contribution in [0.2, 0.25) is 0 Å². The summed E-state index contributed by atoms with van der Waals surface area (Å²) in [5.41, 5.74) is 1.21. The average Bonchev–Trinajstić information content (AvgIpc) is 2.39. The molecule has 0 aliphatic heterocycles. The molecule has 0 bridgehead atoms. The molecule has 4 heteroatoms. The number of carbonyl (C=O) groups is 1. The van der Waals surface area contributed by atoms with Crippen LogP contribution in [0, 0.1) is 6.92 Å². The maximum absolute atomic E-state index is 11.4. The predicted molar refractivity (Wildman–Crippen MR) is 70.7 cm³/mol. The summed E-state index contributed by atoms with van der Waals surface area (Å²) in [5.74, 6) is 0.479. The second-order valence-corrected chi connectivity index (χ2v) is 4.45. The van der Waals surface area contributed by atoms with Crippen molar-refractivity contribution in [3.63, 3.8) is 0 Å². The molecule has 0 fully saturated rings. The van der Waals surface area contributed by atoms with Crippen LogP contribution in [0.5, 0.6) is 0 Å². The lowest BCUT2D eigenvalue weighted by molar-refractivity contribution is 0.0599. The Kier molecular flexibility index (Phi) is 3.97. The number of hydrogen-bond acceptors (Lipinski definition) is 4. The van der Waals surface area contributed by atoms with E-state index in [2.05, 4.69) is 22.5 Å². The van der Waals surface area contributed by atoms with Gasteiger partial charge in [0.2, 0.25) is 0 Å². The maximum atomic E-state index is 11.4. The van der Waals surface area contributed by atoms with Crippen molar-refractivity contribution in [1.82, 2.24) is 4.98 Å². The molecule has 2 rings (SSSR count). The highest BCUT2D eigenvalue weighted by Gasteiger charge is 2.13. The molecule has 1 N–H and O–H groups in total. The maximum Gasteiger partial charge on any atom is 0.339 e. The van der Waals surface area contributed by atoms with Crippen molar-refractivity contribution in [3.8, 4) is 0 Å². The largest absolute Gasteiger partial charge is 0.465 e. The number of esters is 1. The van der Waals surface area contributed by atoms with Crippen molar-refractivity contribution in [3.05, 3.63) is 35.5 Å². The smallest absolute Gasteiger partial charge is 0.339 e. The second kappa shape index (κ2) is 5.67. The predicted octanol–water partition coefficient (Wildman–Crippen LogP) is 2.70. The van der Waals surface area contributed by atoms with E-state index in [0.717, 1.165) is 25.1 Å². The van der Waals surface area contributed by atoms with E-state index < -0.39 is 0 Å². The van der Waals surface area contributed by atoms with Gasteiger partial charge >= 0.3 is 5.97 Å². The van der Waals surface area contributed by atoms with Gasteiger partial charge in [-0.15, -0.1) is 0 Å². The fraction of sp³-hybridized carbons (Fsp3) is 0.429. The van der Waals surface area contributed by atoms with Crippen molar-refractivity contribution >= 4 is 11.8 Å². The molecule has 1 aromatic heterocycles. The van der Waals surface area contributed by atoms with E-state index in [0.29, 0.717) is 17.3 Å². The van der Waals surface area contributed by atoms with Crippen LogP contribution in [0.3, 0.4) is 0 Å². The molecule has 18 heavy (non-hydrogen) atoms. The van der Waals surface area contributed by atoms with E-state index in [4.69, 9.17) is 4.74 Å². The van der Waals surface area contributed by atoms with E-state index >= 15 is 0 Å². The van der Waals surface area contributed by atoms with E-state index in [1.807, 2.05) is 13.0 Å². The van der Waals surface area contributed by atoms with Crippen molar-refractivity contribution in [2.45, 2.75) is 32.2 Å². The minimum absolute atomic E-state index is 0.341. The van der Waals surface area contributed by atoms with Gasteiger partial charge in [-0.1, -0.05) is 12.2 Å². The summed E-state index contributed by atoms with van der Waals surface area (Å²) >= 11 is 0. The van der Waals surface area contributed by atoms with Gasteiger partial charge < -0.3 is 10.1 Å². The fourth-order valence-electron chi connectivity index (χ4n) is 2.10. The summed E-state index contributed by atoms with van der Waals surface area (Å²) < 4.78 is 4.70. The number of allylic oxidation sites excluding steroid dienone is 1. The van der Waals surface area contributed by atoms with Crippen LogP contribution in [-0.2, 0) is 4.74 Å². The number of aryl methyl sites for hydroxylation is 1. The van der Waals surface area contributed by atoms with Gasteiger partial charge in [0, 0.05) is 6.04 Å². The highest BCUT2D eigenvalue weighted by Crippen LogP contribution is 2.17. The van der Waals surface area contributed by atoms with Gasteiger partial charge in [-0.25, -0.2) is 9.78 Å². The molecule has 0 amide bonds. The molecule has 1 unspecified atom stereocenters. The van der Waals surface area contributed by atoms with Crippen LogP contribution >= 0.6 is 0 Å². The number of carbonyl (C=O) groups excluding carboxylic acids is 1. The van der Waals surface area contributed by atoms with Crippen molar-refractivity contribution in [2.75, 3.05) is 12.4 Å². The third kappa shape index (κ3) is 2.88. The summed E-state index contributed by atoms with van der Waals surface area (Å²) in [4.78, 5) is 15.8. The van der Waals surface area contributed by atoms with Crippen molar-refractivity contribution in [1.29, 1.82) is 0 Å². The number of methoxy groups -OCH3 is 1. The standard InChI is InChI=1S/C14H18N2O2/c1-10-12(14(17)18-2)8-9-13(15-10)16-11-6-4-3-5-7-11/h3-4,8-9,11H,5-7H2,1-2H3,(H,15,16). The summed E-state index contributed by atoms with van der Waals surface area (Å²) in [6.45, 7) is 1.82. The molecule has 1 heterocycles. The lowest BCUT2D eigenvalue weighted by Crippen LogP contribution is -2.21. The Morgan fingerprint density at radius 2 is 2.28 bits per heavy atom. The first-order valence-corrected chi connectivity index (χ1v) is 6.18. The number of hydrogen-bond donors (Lipinski definition) is 1. The molecule has 4 nitrogen and oxygen atoms in total. The first-order chi connectivity index (χ1) is 8.70. The van der Waals surface area contributed by atoms with Crippen LogP contribution in [0.1, 0.15) is 35.3 Å². The lowest BCUT2D eigenvalue weighted by Gasteiger charge is -2.20. The van der Waals surface area contributed by atoms with Gasteiger partial charge in [0.15, 0.2) is 0 Å². The molecule has 0 spiro atoms. The quantitative estimate of drug-likeness (QED) is 0.658. The zero-order valence-electron chi connectivity index (χ0n) is 10.8. The minimum atomic E-state index is -0.341. The number of nitrogens with one attached hydrogen (secondary N) is 1. The normalized spacial score (nSPS) is 18.4. The van der Waals surface area contributed by atoms with E-state index in [1.165, 1.54) is 7.11 Å². The van der Waals surface area contributed by atoms with Gasteiger partial charge in [-0.2, -0.15) is 0 Å². The second-order valence-electron chi connectivity index (χ2n) is 4.45. The SMILES string of the molecule is COC(=O)c1ccc(NC2CC=CCC2)nc1C. The minimum Gasteiger partial charge on any atom is -0.465 e. The topological polar surface area (TPSA) is 51.2 Å². The molecule has 1 aliphatic carbocycles. The number of aromatic nitrogens is 1. The summed E-state index contributed by atoms with van der Waals surface area (Å²) in [6, 6.07) is 4.03. The van der Waals surface area contributed by atoms with E-state index in [9.17, 15) is 4.79 Å². The van der Waals surface area contributed by atoms with Crippen LogP contribution in [0.25, 0.3) is 0 Å². The Hall–Kier alpha value is -1.84. The molecule has 1 atom stereocenters. The molecule has 0 aromatic carbocycles. The zero-order valence-corrected chi connectivity index (χ0v) is 10.8. The van der Waals surface area contributed by atoms with Gasteiger partial charge in [-0.05, 0) is 38.3 Å². The fourth-order valence-corrected chi connectivity index (χ4v) is 2.10. The Bertz CT molecular complexity index is 469. The first-order valence-electron chi connectivity index (χ1n) is 6.18. The number of rotatable bonds is 3. The first kappa shape index (κ1) is 12.6. The van der Waals surface area contributed by atoms with Crippen LogP contribution in [0.4, 0.5) is 5.82 Å². The summed E-state index contributed by atoms with van der Waals surface area (Å²) in [5, 5.41) is 3.39. The summed E-state index contributed by atoms with van der Waals surface area (Å²) in [6.07, 6.45) is 7.65. The Labute approximate surface area is 107 Å². The monoisotopic (exact) mass is 246 g/mol. The highest BCUT2D eigenvalue weighted by molar-refractivity contribution is 5.90. The molecule has 96 valence electrons. The molecular weight excluding hydrogens is 228 g/mol. The highest BCUT2D eigenvalue weighted by atomic mass is 16.5. The molecule has 0 saturated carbocycles. The van der Waals surface area contributed by atoms with Crippen LogP contribution in [0.15, 0.2) is 24.3 Å². The number of pyridine rings is 1. The Morgan fingerprint density at radius 1 is 1.44 bits per heavy atom. The van der Waals surface area contributed by atoms with Crippen molar-refractivity contribution < 1.29 is 9.53 Å². The van der Waals surface area contributed by atoms with E-state index in [1.54, 1.807) is 6.07 Å². The number of anilines is 1. The van der Waals surface area contributed by atoms with Crippen LogP contribution < -0.4 is 5.32 Å². The molecule has 0 saturated heterocycles. The molecule has 0 radical (unpaired) electrons. The third-order valence-corrected chi connectivity index (χ3v) is 3.11. The van der Waals surface area contributed by atoms with Crippen molar-refractivity contribution in [2.24, 2.45) is 0 Å². The molecular formula is C14H18N2O2. The Morgan fingerprint density at radius 3 is 2.89 bits per heavy atom. The van der Waals surface area contributed by atoms with Gasteiger partial charge in [-0.3, -0.25) is 0 Å². The lowest BCUT2D eigenvalue weighted by atomic mass is 10.0. The molecule has 1 aliphatic rings. The van der Waals surface area contributed by atoms with Gasteiger partial charge in [0.05, 0.1) is 18.4 Å².